The van der Waals surface area contributed by atoms with E-state index in [4.69, 9.17) is 5.73 Å². The first-order valence-corrected chi connectivity index (χ1v) is 5.36. The Hall–Kier alpha value is -0.120. The fourth-order valence-electron chi connectivity index (χ4n) is 2.88. The Balaban J connectivity index is 1.98. The van der Waals surface area contributed by atoms with E-state index in [2.05, 4.69) is 11.8 Å². The average molecular weight is 184 g/mol. The van der Waals surface area contributed by atoms with Crippen molar-refractivity contribution in [3.8, 4) is 0 Å². The molecule has 3 atom stereocenters. The van der Waals surface area contributed by atoms with Crippen molar-refractivity contribution in [1.29, 1.82) is 0 Å². The van der Waals surface area contributed by atoms with Crippen LogP contribution in [0.1, 0.15) is 32.6 Å². The molecule has 0 saturated carbocycles. The minimum atomic E-state index is -0.0539. The average Bonchev–Trinajstić information content (AvgIpc) is 2.32. The summed E-state index contributed by atoms with van der Waals surface area (Å²) < 4.78 is 0. The van der Waals surface area contributed by atoms with Crippen LogP contribution in [-0.2, 0) is 0 Å². The maximum absolute atomic E-state index is 9.58. The van der Waals surface area contributed by atoms with E-state index in [1.165, 1.54) is 12.8 Å². The quantitative estimate of drug-likeness (QED) is 0.650. The molecule has 0 aromatic carbocycles. The number of aliphatic hydroxyl groups excluding tert-OH is 1. The Morgan fingerprint density at radius 1 is 1.38 bits per heavy atom. The minimum absolute atomic E-state index is 0.0539. The van der Waals surface area contributed by atoms with Gasteiger partial charge in [-0.2, -0.15) is 0 Å². The summed E-state index contributed by atoms with van der Waals surface area (Å²) in [5.74, 6) is 0. The van der Waals surface area contributed by atoms with Crippen molar-refractivity contribution in [2.45, 2.75) is 56.8 Å². The molecule has 0 aromatic heterocycles. The summed E-state index contributed by atoms with van der Waals surface area (Å²) in [5.41, 5.74) is 5.81. The van der Waals surface area contributed by atoms with Gasteiger partial charge in [0.1, 0.15) is 0 Å². The van der Waals surface area contributed by atoms with Gasteiger partial charge in [0.05, 0.1) is 6.10 Å². The maximum atomic E-state index is 9.58. The monoisotopic (exact) mass is 184 g/mol. The lowest BCUT2D eigenvalue weighted by Gasteiger charge is -2.38. The van der Waals surface area contributed by atoms with Crippen LogP contribution in [0.15, 0.2) is 0 Å². The Morgan fingerprint density at radius 3 is 2.38 bits per heavy atom. The number of nitrogens with two attached hydrogens (primary N) is 1. The third-order valence-corrected chi connectivity index (χ3v) is 3.36. The van der Waals surface area contributed by atoms with Crippen molar-refractivity contribution < 1.29 is 5.11 Å². The van der Waals surface area contributed by atoms with Crippen LogP contribution in [0.4, 0.5) is 0 Å². The molecule has 0 radical (unpaired) electrons. The van der Waals surface area contributed by atoms with Gasteiger partial charge < -0.3 is 10.8 Å². The second kappa shape index (κ2) is 3.56. The number of hydrogen-bond donors (Lipinski definition) is 2. The summed E-state index contributed by atoms with van der Waals surface area (Å²) in [6.07, 6.45) is 4.39. The summed E-state index contributed by atoms with van der Waals surface area (Å²) in [4.78, 5) is 2.51. The number of fused-ring (bicyclic) bond motifs is 2. The van der Waals surface area contributed by atoms with Gasteiger partial charge >= 0.3 is 0 Å². The molecule has 13 heavy (non-hydrogen) atoms. The molecule has 0 aliphatic carbocycles. The molecular weight excluding hydrogens is 164 g/mol. The first-order chi connectivity index (χ1) is 6.16. The van der Waals surface area contributed by atoms with Crippen LogP contribution in [-0.4, -0.2) is 40.8 Å². The van der Waals surface area contributed by atoms with Crippen LogP contribution in [0.25, 0.3) is 0 Å². The predicted molar refractivity (Wildman–Crippen MR) is 52.4 cm³/mol. The number of piperidine rings is 1. The van der Waals surface area contributed by atoms with E-state index >= 15 is 0 Å². The molecule has 2 fully saturated rings. The second-order valence-corrected chi connectivity index (χ2v) is 4.68. The Morgan fingerprint density at radius 2 is 1.92 bits per heavy atom. The van der Waals surface area contributed by atoms with E-state index < -0.39 is 0 Å². The predicted octanol–water partition coefficient (Wildman–Crippen LogP) is 0.321. The highest BCUT2D eigenvalue weighted by atomic mass is 16.3. The molecule has 0 amide bonds. The van der Waals surface area contributed by atoms with E-state index in [1.807, 2.05) is 0 Å². The lowest BCUT2D eigenvalue weighted by molar-refractivity contribution is 0.0333. The van der Waals surface area contributed by atoms with Crippen LogP contribution in [0, 0.1) is 0 Å². The van der Waals surface area contributed by atoms with Crippen LogP contribution < -0.4 is 5.73 Å². The van der Waals surface area contributed by atoms with Crippen molar-refractivity contribution >= 4 is 0 Å². The highest BCUT2D eigenvalue weighted by Crippen LogP contribution is 2.35. The summed E-state index contributed by atoms with van der Waals surface area (Å²) in [6, 6.07) is 1.48. The van der Waals surface area contributed by atoms with Crippen LogP contribution >= 0.6 is 0 Å². The van der Waals surface area contributed by atoms with Gasteiger partial charge in [-0.05, 0) is 32.6 Å². The molecule has 2 rings (SSSR count). The molecule has 3 unspecified atom stereocenters. The summed E-state index contributed by atoms with van der Waals surface area (Å²) >= 11 is 0. The zero-order chi connectivity index (χ0) is 9.42. The highest BCUT2D eigenvalue weighted by Gasteiger charge is 2.39. The molecule has 2 aliphatic rings. The largest absolute Gasteiger partial charge is 0.393 e. The number of rotatable bonds is 2. The molecule has 76 valence electrons. The zero-order valence-corrected chi connectivity index (χ0v) is 8.32. The van der Waals surface area contributed by atoms with Crippen molar-refractivity contribution in [3.63, 3.8) is 0 Å². The minimum Gasteiger partial charge on any atom is -0.393 e. The van der Waals surface area contributed by atoms with E-state index in [1.54, 1.807) is 0 Å². The molecule has 0 aromatic rings. The molecule has 2 bridgehead atoms. The van der Waals surface area contributed by atoms with Gasteiger partial charge in [0.15, 0.2) is 0 Å². The smallest absolute Gasteiger partial charge is 0.0570 e. The fourth-order valence-corrected chi connectivity index (χ4v) is 2.88. The molecule has 2 aliphatic heterocycles. The first kappa shape index (κ1) is 9.44. The number of hydrogen-bond acceptors (Lipinski definition) is 3. The summed E-state index contributed by atoms with van der Waals surface area (Å²) in [5, 5.41) is 9.58. The molecule has 2 heterocycles. The fraction of sp³-hybridized carbons (Fsp3) is 1.00. The van der Waals surface area contributed by atoms with Crippen molar-refractivity contribution in [3.05, 3.63) is 0 Å². The van der Waals surface area contributed by atoms with Crippen molar-refractivity contribution in [2.75, 3.05) is 6.54 Å². The third kappa shape index (κ3) is 1.87. The molecule has 0 spiro atoms. The standard InChI is InChI=1S/C10H20N2O/c1-7(11)6-12-8-2-3-9(12)5-10(13)4-8/h7-10,13H,2-6,11H2,1H3. The molecule has 2 saturated heterocycles. The van der Waals surface area contributed by atoms with Gasteiger partial charge in [-0.15, -0.1) is 0 Å². The van der Waals surface area contributed by atoms with Crippen LogP contribution in [0.2, 0.25) is 0 Å². The molecular formula is C10H20N2O. The van der Waals surface area contributed by atoms with Gasteiger partial charge in [0, 0.05) is 24.7 Å². The second-order valence-electron chi connectivity index (χ2n) is 4.68. The Kier molecular flexibility index (Phi) is 2.58. The number of aliphatic hydroxyl groups is 1. The molecule has 3 heteroatoms. The van der Waals surface area contributed by atoms with Gasteiger partial charge in [0.25, 0.3) is 0 Å². The van der Waals surface area contributed by atoms with Crippen LogP contribution in [0.5, 0.6) is 0 Å². The SMILES string of the molecule is CC(N)CN1C2CCC1CC(O)C2. The van der Waals surface area contributed by atoms with E-state index in [-0.39, 0.29) is 12.1 Å². The lowest BCUT2D eigenvalue weighted by atomic mass is 9.99. The topological polar surface area (TPSA) is 49.5 Å². The van der Waals surface area contributed by atoms with Crippen molar-refractivity contribution in [2.24, 2.45) is 5.73 Å². The van der Waals surface area contributed by atoms with Gasteiger partial charge in [-0.1, -0.05) is 0 Å². The van der Waals surface area contributed by atoms with Gasteiger partial charge in [0.2, 0.25) is 0 Å². The molecule has 3 N–H and O–H groups in total. The number of nitrogens with zero attached hydrogens (tertiary/aromatic N) is 1. The normalized spacial score (nSPS) is 42.2. The van der Waals surface area contributed by atoms with Gasteiger partial charge in [-0.25, -0.2) is 0 Å². The molecule has 3 nitrogen and oxygen atoms in total. The van der Waals surface area contributed by atoms with Gasteiger partial charge in [-0.3, -0.25) is 4.90 Å². The first-order valence-electron chi connectivity index (χ1n) is 5.36. The van der Waals surface area contributed by atoms with E-state index in [0.717, 1.165) is 19.4 Å². The van der Waals surface area contributed by atoms with Crippen LogP contribution in [0.3, 0.4) is 0 Å². The third-order valence-electron chi connectivity index (χ3n) is 3.36. The summed E-state index contributed by atoms with van der Waals surface area (Å²) in [6.45, 7) is 3.06. The Bertz CT molecular complexity index is 170. The van der Waals surface area contributed by atoms with E-state index in [9.17, 15) is 5.11 Å². The van der Waals surface area contributed by atoms with Crippen molar-refractivity contribution in [1.82, 2.24) is 4.90 Å². The Labute approximate surface area is 79.9 Å². The maximum Gasteiger partial charge on any atom is 0.0570 e. The van der Waals surface area contributed by atoms with E-state index in [0.29, 0.717) is 12.1 Å². The summed E-state index contributed by atoms with van der Waals surface area (Å²) in [7, 11) is 0. The highest BCUT2D eigenvalue weighted by molar-refractivity contribution is 4.95. The zero-order valence-electron chi connectivity index (χ0n) is 8.32. The lowest BCUT2D eigenvalue weighted by Crippen LogP contribution is -2.48.